The van der Waals surface area contributed by atoms with Crippen LogP contribution in [0.1, 0.15) is 13.3 Å². The Kier molecular flexibility index (Phi) is 2.26. The van der Waals surface area contributed by atoms with Gasteiger partial charge in [0.25, 0.3) is 5.56 Å². The maximum atomic E-state index is 10.9. The molecule has 0 atom stereocenters. The Hall–Kier alpha value is -1.05. The highest BCUT2D eigenvalue weighted by molar-refractivity contribution is 4.95. The smallest absolute Gasteiger partial charge is 0.250 e. The fourth-order valence-electron chi connectivity index (χ4n) is 0.787. The monoisotopic (exact) mass is 136 g/mol. The van der Waals surface area contributed by atoms with Crippen LogP contribution < -0.4 is 5.56 Å². The minimum absolute atomic E-state index is 0.0318. The van der Waals surface area contributed by atoms with Crippen LogP contribution in [0.25, 0.3) is 0 Å². The van der Waals surface area contributed by atoms with E-state index in [1.165, 1.54) is 0 Å². The Morgan fingerprint density at radius 3 is 3.00 bits per heavy atom. The molecule has 0 fully saturated rings. The Labute approximate surface area is 60.1 Å². The van der Waals surface area contributed by atoms with E-state index in [0.29, 0.717) is 0 Å². The molecule has 2 nitrogen and oxygen atoms in total. The molecule has 0 aliphatic heterocycles. The van der Waals surface area contributed by atoms with Gasteiger partial charge in [-0.05, 0) is 12.5 Å². The van der Waals surface area contributed by atoms with Gasteiger partial charge in [-0.1, -0.05) is 13.0 Å². The molecule has 0 N–H and O–H groups in total. The van der Waals surface area contributed by atoms with E-state index >= 15 is 0 Å². The molecule has 0 unspecified atom stereocenters. The van der Waals surface area contributed by atoms with Gasteiger partial charge in [0.2, 0.25) is 0 Å². The van der Waals surface area contributed by atoms with E-state index in [2.05, 4.69) is 0 Å². The van der Waals surface area contributed by atoms with Gasteiger partial charge in [-0.15, -0.1) is 0 Å². The second-order valence-electron chi connectivity index (χ2n) is 2.04. The van der Waals surface area contributed by atoms with E-state index in [9.17, 15) is 4.79 Å². The molecule has 1 rings (SSSR count). The van der Waals surface area contributed by atoms with Gasteiger partial charge < -0.3 is 4.57 Å². The molecule has 0 saturated carbocycles. The quantitative estimate of drug-likeness (QED) is 0.600. The molecule has 0 aromatic carbocycles. The van der Waals surface area contributed by atoms with Crippen LogP contribution in [0.3, 0.4) is 0 Å². The van der Waals surface area contributed by atoms with Crippen molar-refractivity contribution in [3.05, 3.63) is 41.3 Å². The van der Waals surface area contributed by atoms with Crippen LogP contribution in [0.4, 0.5) is 0 Å². The van der Waals surface area contributed by atoms with Crippen molar-refractivity contribution in [2.24, 2.45) is 0 Å². The lowest BCUT2D eigenvalue weighted by Gasteiger charge is -1.98. The summed E-state index contributed by atoms with van der Waals surface area (Å²) in [6, 6.07) is 5.13. The zero-order valence-corrected chi connectivity index (χ0v) is 5.95. The zero-order valence-electron chi connectivity index (χ0n) is 5.95. The van der Waals surface area contributed by atoms with Gasteiger partial charge in [-0.25, -0.2) is 0 Å². The average molecular weight is 136 g/mol. The molecule has 2 heteroatoms. The third-order valence-corrected chi connectivity index (χ3v) is 1.23. The predicted molar refractivity (Wildman–Crippen MR) is 40.7 cm³/mol. The first-order chi connectivity index (χ1) is 4.84. The normalized spacial score (nSPS) is 9.70. The number of hydrogen-bond donors (Lipinski definition) is 0. The molecule has 0 amide bonds. The molecular weight excluding hydrogens is 126 g/mol. The molecule has 10 heavy (non-hydrogen) atoms. The Morgan fingerprint density at radius 2 is 2.40 bits per heavy atom. The first-order valence-corrected chi connectivity index (χ1v) is 3.35. The average Bonchev–Trinajstić information content (AvgIpc) is 1.94. The van der Waals surface area contributed by atoms with Crippen molar-refractivity contribution in [2.75, 3.05) is 0 Å². The van der Waals surface area contributed by atoms with Crippen molar-refractivity contribution in [3.63, 3.8) is 0 Å². The summed E-state index contributed by atoms with van der Waals surface area (Å²) in [6.07, 6.45) is 2.63. The third-order valence-electron chi connectivity index (χ3n) is 1.23. The van der Waals surface area contributed by atoms with Gasteiger partial charge >= 0.3 is 0 Å². The maximum absolute atomic E-state index is 10.9. The number of hydrogen-bond acceptors (Lipinski definition) is 1. The highest BCUT2D eigenvalue weighted by Crippen LogP contribution is 1.87. The summed E-state index contributed by atoms with van der Waals surface area (Å²) in [5.74, 6) is 0. The molecule has 1 aromatic heterocycles. The van der Waals surface area contributed by atoms with E-state index < -0.39 is 0 Å². The third kappa shape index (κ3) is 1.47. The van der Waals surface area contributed by atoms with Gasteiger partial charge in [0, 0.05) is 12.3 Å². The zero-order chi connectivity index (χ0) is 7.40. The van der Waals surface area contributed by atoms with Gasteiger partial charge in [0.05, 0.1) is 6.54 Å². The summed E-state index contributed by atoms with van der Waals surface area (Å²) in [5.41, 5.74) is 0.0318. The minimum Gasteiger partial charge on any atom is -0.310 e. The fraction of sp³-hybridized carbons (Fsp3) is 0.250. The van der Waals surface area contributed by atoms with Crippen LogP contribution in [0, 0.1) is 6.54 Å². The molecule has 1 aromatic rings. The molecule has 0 saturated heterocycles. The van der Waals surface area contributed by atoms with E-state index in [0.717, 1.165) is 6.42 Å². The topological polar surface area (TPSA) is 22.0 Å². The largest absolute Gasteiger partial charge is 0.310 e. The molecule has 1 radical (unpaired) electrons. The van der Waals surface area contributed by atoms with E-state index in [1.807, 2.05) is 19.5 Å². The lowest BCUT2D eigenvalue weighted by molar-refractivity contribution is 0.836. The molecular formula is C8H10NO. The lowest BCUT2D eigenvalue weighted by Crippen LogP contribution is -2.15. The van der Waals surface area contributed by atoms with Crippen LogP contribution in [0.15, 0.2) is 29.2 Å². The molecule has 0 spiro atoms. The first kappa shape index (κ1) is 7.06. The van der Waals surface area contributed by atoms with E-state index in [4.69, 9.17) is 0 Å². The summed E-state index contributed by atoms with van der Waals surface area (Å²) in [7, 11) is 0. The van der Waals surface area contributed by atoms with Crippen molar-refractivity contribution >= 4 is 0 Å². The summed E-state index contributed by atoms with van der Waals surface area (Å²) in [5, 5.41) is 0. The van der Waals surface area contributed by atoms with Crippen molar-refractivity contribution in [3.8, 4) is 0 Å². The number of aromatic nitrogens is 1. The van der Waals surface area contributed by atoms with Crippen molar-refractivity contribution in [2.45, 2.75) is 13.3 Å². The van der Waals surface area contributed by atoms with Crippen LogP contribution in [0.5, 0.6) is 0 Å². The highest BCUT2D eigenvalue weighted by Gasteiger charge is 1.88. The Morgan fingerprint density at radius 1 is 1.60 bits per heavy atom. The fourth-order valence-corrected chi connectivity index (χ4v) is 0.787. The van der Waals surface area contributed by atoms with Gasteiger partial charge in [0.15, 0.2) is 0 Å². The van der Waals surface area contributed by atoms with Crippen LogP contribution in [-0.4, -0.2) is 4.57 Å². The number of nitrogens with zero attached hydrogens (tertiary/aromatic N) is 1. The van der Waals surface area contributed by atoms with Crippen molar-refractivity contribution < 1.29 is 0 Å². The lowest BCUT2D eigenvalue weighted by atomic mass is 10.4. The van der Waals surface area contributed by atoms with Gasteiger partial charge in [-0.2, -0.15) is 0 Å². The van der Waals surface area contributed by atoms with E-state index in [1.54, 1.807) is 22.9 Å². The molecule has 0 aliphatic carbocycles. The van der Waals surface area contributed by atoms with E-state index in [-0.39, 0.29) is 5.56 Å². The molecule has 1 heterocycles. The van der Waals surface area contributed by atoms with Crippen LogP contribution in [-0.2, 0) is 0 Å². The number of pyridine rings is 1. The Balaban J connectivity index is 2.92. The second-order valence-corrected chi connectivity index (χ2v) is 2.04. The molecule has 53 valence electrons. The summed E-state index contributed by atoms with van der Waals surface area (Å²) in [4.78, 5) is 10.9. The summed E-state index contributed by atoms with van der Waals surface area (Å²) >= 11 is 0. The minimum atomic E-state index is 0.0318. The highest BCUT2D eigenvalue weighted by atomic mass is 16.1. The summed E-state index contributed by atoms with van der Waals surface area (Å²) < 4.78 is 1.58. The standard InChI is InChI=1S/C8H10NO/c1-2-6-9-7-4-3-5-8(9)10/h3-7H,2H2,1H3. The molecule has 0 bridgehead atoms. The second kappa shape index (κ2) is 3.20. The number of rotatable bonds is 2. The van der Waals surface area contributed by atoms with Crippen molar-refractivity contribution in [1.82, 2.24) is 4.57 Å². The van der Waals surface area contributed by atoms with Gasteiger partial charge in [0.1, 0.15) is 0 Å². The van der Waals surface area contributed by atoms with Crippen LogP contribution >= 0.6 is 0 Å². The maximum Gasteiger partial charge on any atom is 0.250 e. The predicted octanol–water partition coefficient (Wildman–Crippen LogP) is 1.27. The molecule has 0 aliphatic rings. The van der Waals surface area contributed by atoms with Gasteiger partial charge in [-0.3, -0.25) is 4.79 Å². The van der Waals surface area contributed by atoms with Crippen molar-refractivity contribution in [1.29, 1.82) is 0 Å². The summed E-state index contributed by atoms with van der Waals surface area (Å²) in [6.45, 7) is 3.85. The SMILES string of the molecule is CC[CH]n1ccccc1=O. The Bertz CT molecular complexity index is 251. The first-order valence-electron chi connectivity index (χ1n) is 3.35. The van der Waals surface area contributed by atoms with Crippen LogP contribution in [0.2, 0.25) is 0 Å².